The first-order valence-electron chi connectivity index (χ1n) is 9.06. The van der Waals surface area contributed by atoms with E-state index in [2.05, 4.69) is 0 Å². The summed E-state index contributed by atoms with van der Waals surface area (Å²) in [7, 11) is -3.94. The number of halogens is 2. The molecular weight excluding hydrogens is 445 g/mol. The molecule has 30 heavy (non-hydrogen) atoms. The SMILES string of the molecule is CCN(c1ccc(-c2cc(Cl)cc(Cl)c2)cc1)S(=O)(=O)c1ccc(C)c(C(=O)O)c1. The minimum absolute atomic E-state index is 0.0414. The summed E-state index contributed by atoms with van der Waals surface area (Å²) < 4.78 is 27.6. The highest BCUT2D eigenvalue weighted by atomic mass is 35.5. The van der Waals surface area contributed by atoms with Crippen molar-refractivity contribution in [3.63, 3.8) is 0 Å². The summed E-state index contributed by atoms with van der Waals surface area (Å²) in [5.74, 6) is -1.17. The summed E-state index contributed by atoms with van der Waals surface area (Å²) in [6, 6.07) is 16.2. The number of benzene rings is 3. The third-order valence-electron chi connectivity index (χ3n) is 4.67. The topological polar surface area (TPSA) is 74.7 Å². The van der Waals surface area contributed by atoms with Crippen molar-refractivity contribution in [2.45, 2.75) is 18.7 Å². The number of sulfonamides is 1. The number of carboxylic acids is 1. The van der Waals surface area contributed by atoms with Crippen LogP contribution in [0.25, 0.3) is 11.1 Å². The van der Waals surface area contributed by atoms with E-state index >= 15 is 0 Å². The number of nitrogens with zero attached hydrogens (tertiary/aromatic N) is 1. The molecule has 0 radical (unpaired) electrons. The summed E-state index contributed by atoms with van der Waals surface area (Å²) in [6.45, 7) is 3.52. The maximum absolute atomic E-state index is 13.2. The zero-order chi connectivity index (χ0) is 22.1. The summed E-state index contributed by atoms with van der Waals surface area (Å²) in [4.78, 5) is 11.3. The molecule has 0 aliphatic carbocycles. The van der Waals surface area contributed by atoms with E-state index in [4.69, 9.17) is 23.2 Å². The molecule has 0 fully saturated rings. The Morgan fingerprint density at radius 2 is 1.53 bits per heavy atom. The van der Waals surface area contributed by atoms with Crippen LogP contribution < -0.4 is 4.31 Å². The second kappa shape index (κ2) is 8.68. The smallest absolute Gasteiger partial charge is 0.335 e. The van der Waals surface area contributed by atoms with Gasteiger partial charge in [0, 0.05) is 16.6 Å². The van der Waals surface area contributed by atoms with Crippen molar-refractivity contribution in [2.24, 2.45) is 0 Å². The molecule has 156 valence electrons. The Bertz CT molecular complexity index is 1190. The molecule has 0 aromatic heterocycles. The number of hydrogen-bond acceptors (Lipinski definition) is 3. The number of anilines is 1. The van der Waals surface area contributed by atoms with Crippen molar-refractivity contribution in [1.29, 1.82) is 0 Å². The van der Waals surface area contributed by atoms with Gasteiger partial charge in [0.05, 0.1) is 16.1 Å². The minimum atomic E-state index is -3.94. The van der Waals surface area contributed by atoms with E-state index < -0.39 is 16.0 Å². The van der Waals surface area contributed by atoms with Gasteiger partial charge in [-0.1, -0.05) is 41.4 Å². The lowest BCUT2D eigenvalue weighted by Gasteiger charge is -2.23. The number of carboxylic acid groups (broad SMARTS) is 1. The minimum Gasteiger partial charge on any atom is -0.478 e. The number of aryl methyl sites for hydroxylation is 1. The average Bonchev–Trinajstić information content (AvgIpc) is 2.68. The zero-order valence-corrected chi connectivity index (χ0v) is 18.6. The fraction of sp³-hybridized carbons (Fsp3) is 0.136. The first kappa shape index (κ1) is 22.2. The molecule has 0 aliphatic heterocycles. The van der Waals surface area contributed by atoms with Gasteiger partial charge in [-0.05, 0) is 73.0 Å². The van der Waals surface area contributed by atoms with Gasteiger partial charge in [0.25, 0.3) is 10.0 Å². The van der Waals surface area contributed by atoms with E-state index in [1.165, 1.54) is 22.5 Å². The van der Waals surface area contributed by atoms with Crippen molar-refractivity contribution in [3.8, 4) is 11.1 Å². The maximum atomic E-state index is 13.2. The molecule has 1 N–H and O–H groups in total. The van der Waals surface area contributed by atoms with E-state index in [1.54, 1.807) is 56.3 Å². The van der Waals surface area contributed by atoms with Crippen LogP contribution in [0, 0.1) is 6.92 Å². The standard InChI is InChI=1S/C22H19Cl2NO4S/c1-3-25(30(28,29)20-9-4-14(2)21(13-20)22(26)27)19-7-5-15(6-8-19)16-10-17(23)12-18(24)11-16/h4-13H,3H2,1-2H3,(H,26,27). The first-order chi connectivity index (χ1) is 14.1. The number of rotatable bonds is 6. The van der Waals surface area contributed by atoms with Crippen LogP contribution in [-0.4, -0.2) is 26.0 Å². The molecule has 5 nitrogen and oxygen atoms in total. The van der Waals surface area contributed by atoms with E-state index in [9.17, 15) is 18.3 Å². The summed E-state index contributed by atoms with van der Waals surface area (Å²) in [5.41, 5.74) is 2.57. The van der Waals surface area contributed by atoms with Gasteiger partial charge in [-0.2, -0.15) is 0 Å². The first-order valence-corrected chi connectivity index (χ1v) is 11.3. The molecule has 0 atom stereocenters. The molecule has 0 aliphatic rings. The fourth-order valence-corrected chi connectivity index (χ4v) is 5.18. The lowest BCUT2D eigenvalue weighted by molar-refractivity contribution is 0.0696. The molecule has 0 amide bonds. The third-order valence-corrected chi connectivity index (χ3v) is 7.00. The Morgan fingerprint density at radius 3 is 2.07 bits per heavy atom. The lowest BCUT2D eigenvalue weighted by atomic mass is 10.1. The van der Waals surface area contributed by atoms with Crippen LogP contribution in [0.3, 0.4) is 0 Å². The second-order valence-electron chi connectivity index (χ2n) is 6.66. The number of hydrogen-bond donors (Lipinski definition) is 1. The van der Waals surface area contributed by atoms with Gasteiger partial charge in [-0.3, -0.25) is 4.31 Å². The van der Waals surface area contributed by atoms with Gasteiger partial charge in [0.1, 0.15) is 0 Å². The molecule has 3 rings (SSSR count). The van der Waals surface area contributed by atoms with Gasteiger partial charge in [0.2, 0.25) is 0 Å². The molecule has 3 aromatic carbocycles. The molecule has 0 bridgehead atoms. The normalized spacial score (nSPS) is 11.3. The quantitative estimate of drug-likeness (QED) is 0.494. The molecule has 0 saturated carbocycles. The van der Waals surface area contributed by atoms with Crippen LogP contribution in [0.1, 0.15) is 22.8 Å². The van der Waals surface area contributed by atoms with E-state index in [1.807, 2.05) is 0 Å². The van der Waals surface area contributed by atoms with Gasteiger partial charge in [-0.15, -0.1) is 0 Å². The second-order valence-corrected chi connectivity index (χ2v) is 9.39. The molecule has 0 spiro atoms. The predicted octanol–water partition coefficient (Wildman–Crippen LogP) is 5.88. The molecule has 0 unspecified atom stereocenters. The van der Waals surface area contributed by atoms with Gasteiger partial charge < -0.3 is 5.11 Å². The molecular formula is C22H19Cl2NO4S. The van der Waals surface area contributed by atoms with Gasteiger partial charge in [0.15, 0.2) is 0 Å². The van der Waals surface area contributed by atoms with Crippen LogP contribution in [-0.2, 0) is 10.0 Å². The Morgan fingerprint density at radius 1 is 0.933 bits per heavy atom. The van der Waals surface area contributed by atoms with E-state index in [0.29, 0.717) is 21.3 Å². The Labute approximate surface area is 185 Å². The highest BCUT2D eigenvalue weighted by molar-refractivity contribution is 7.92. The molecule has 0 heterocycles. The molecule has 3 aromatic rings. The highest BCUT2D eigenvalue weighted by Crippen LogP contribution is 2.30. The highest BCUT2D eigenvalue weighted by Gasteiger charge is 2.25. The third kappa shape index (κ3) is 4.46. The van der Waals surface area contributed by atoms with Crippen LogP contribution in [0.4, 0.5) is 5.69 Å². The molecule has 8 heteroatoms. The van der Waals surface area contributed by atoms with Crippen LogP contribution >= 0.6 is 23.2 Å². The van der Waals surface area contributed by atoms with E-state index in [-0.39, 0.29) is 17.0 Å². The summed E-state index contributed by atoms with van der Waals surface area (Å²) in [5, 5.41) is 10.3. The van der Waals surface area contributed by atoms with Crippen molar-refractivity contribution in [3.05, 3.63) is 81.8 Å². The average molecular weight is 464 g/mol. The van der Waals surface area contributed by atoms with Crippen LogP contribution in [0.15, 0.2) is 65.6 Å². The van der Waals surface area contributed by atoms with Crippen molar-refractivity contribution in [1.82, 2.24) is 0 Å². The Kier molecular flexibility index (Phi) is 6.41. The van der Waals surface area contributed by atoms with Gasteiger partial charge >= 0.3 is 5.97 Å². The van der Waals surface area contributed by atoms with Gasteiger partial charge in [-0.25, -0.2) is 13.2 Å². The van der Waals surface area contributed by atoms with E-state index in [0.717, 1.165) is 11.1 Å². The fourth-order valence-electron chi connectivity index (χ4n) is 3.15. The zero-order valence-electron chi connectivity index (χ0n) is 16.3. The number of carbonyl (C=O) groups is 1. The predicted molar refractivity (Wildman–Crippen MR) is 120 cm³/mol. The maximum Gasteiger partial charge on any atom is 0.335 e. The monoisotopic (exact) mass is 463 g/mol. The molecule has 0 saturated heterocycles. The van der Waals surface area contributed by atoms with Crippen LogP contribution in [0.2, 0.25) is 10.0 Å². The Hall–Kier alpha value is -2.54. The Balaban J connectivity index is 1.99. The number of aromatic carboxylic acids is 1. The lowest BCUT2D eigenvalue weighted by Crippen LogP contribution is -2.31. The largest absolute Gasteiger partial charge is 0.478 e. The van der Waals surface area contributed by atoms with Crippen molar-refractivity contribution in [2.75, 3.05) is 10.8 Å². The summed E-state index contributed by atoms with van der Waals surface area (Å²) in [6.07, 6.45) is 0. The summed E-state index contributed by atoms with van der Waals surface area (Å²) >= 11 is 12.1. The van der Waals surface area contributed by atoms with Crippen molar-refractivity contribution < 1.29 is 18.3 Å². The van der Waals surface area contributed by atoms with Crippen molar-refractivity contribution >= 4 is 44.9 Å². The van der Waals surface area contributed by atoms with Crippen LogP contribution in [0.5, 0.6) is 0 Å².